The predicted octanol–water partition coefficient (Wildman–Crippen LogP) is 1.87. The van der Waals surface area contributed by atoms with Gasteiger partial charge in [0.05, 0.1) is 6.42 Å². The van der Waals surface area contributed by atoms with Gasteiger partial charge in [-0.05, 0) is 11.6 Å². The zero-order valence-electron chi connectivity index (χ0n) is 9.22. The van der Waals surface area contributed by atoms with E-state index in [0.29, 0.717) is 6.04 Å². The molecule has 1 aromatic carbocycles. The van der Waals surface area contributed by atoms with Gasteiger partial charge in [-0.3, -0.25) is 4.79 Å². The molecule has 1 aliphatic rings. The van der Waals surface area contributed by atoms with Crippen molar-refractivity contribution in [3.8, 4) is 0 Å². The van der Waals surface area contributed by atoms with E-state index in [-0.39, 0.29) is 6.42 Å². The molecule has 0 aliphatic carbocycles. The number of anilines is 1. The van der Waals surface area contributed by atoms with Crippen molar-refractivity contribution in [2.45, 2.75) is 12.5 Å². The third-order valence-corrected chi connectivity index (χ3v) is 4.12. The minimum Gasteiger partial charge on any atom is -0.481 e. The van der Waals surface area contributed by atoms with Crippen LogP contribution in [0.15, 0.2) is 24.3 Å². The topological polar surface area (TPSA) is 40.5 Å². The van der Waals surface area contributed by atoms with E-state index in [4.69, 9.17) is 5.11 Å². The summed E-state index contributed by atoms with van der Waals surface area (Å²) in [5, 5.41) is 8.86. The van der Waals surface area contributed by atoms with Crippen molar-refractivity contribution in [3.05, 3.63) is 29.8 Å². The van der Waals surface area contributed by atoms with Gasteiger partial charge in [0.1, 0.15) is 0 Å². The first-order chi connectivity index (χ1) is 7.68. The van der Waals surface area contributed by atoms with Gasteiger partial charge in [-0.2, -0.15) is 11.8 Å². The maximum Gasteiger partial charge on any atom is 0.307 e. The van der Waals surface area contributed by atoms with Gasteiger partial charge in [0.25, 0.3) is 0 Å². The zero-order valence-corrected chi connectivity index (χ0v) is 10.0. The minimum absolute atomic E-state index is 0.0976. The van der Waals surface area contributed by atoms with Gasteiger partial charge >= 0.3 is 5.97 Å². The van der Waals surface area contributed by atoms with E-state index in [0.717, 1.165) is 22.8 Å². The first kappa shape index (κ1) is 11.3. The molecular formula is C12H15NO2S. The van der Waals surface area contributed by atoms with Crippen LogP contribution in [0.3, 0.4) is 0 Å². The summed E-state index contributed by atoms with van der Waals surface area (Å²) in [7, 11) is 2.05. The van der Waals surface area contributed by atoms with Crippen LogP contribution < -0.4 is 4.90 Å². The van der Waals surface area contributed by atoms with Crippen LogP contribution in [0.1, 0.15) is 5.56 Å². The van der Waals surface area contributed by atoms with E-state index >= 15 is 0 Å². The van der Waals surface area contributed by atoms with Gasteiger partial charge in [0.2, 0.25) is 0 Å². The summed E-state index contributed by atoms with van der Waals surface area (Å²) in [5.41, 5.74) is 1.95. The number of aliphatic carboxylic acids is 1. The van der Waals surface area contributed by atoms with Crippen molar-refractivity contribution in [1.82, 2.24) is 0 Å². The van der Waals surface area contributed by atoms with E-state index in [1.54, 1.807) is 0 Å². The average Bonchev–Trinajstić information content (AvgIpc) is 2.14. The Kier molecular flexibility index (Phi) is 3.39. The molecule has 1 fully saturated rings. The van der Waals surface area contributed by atoms with Crippen LogP contribution in [0.2, 0.25) is 0 Å². The van der Waals surface area contributed by atoms with E-state index in [1.165, 1.54) is 0 Å². The lowest BCUT2D eigenvalue weighted by atomic mass is 10.1. The molecule has 0 spiro atoms. The Hall–Kier alpha value is -1.16. The number of nitrogens with zero attached hydrogens (tertiary/aromatic N) is 1. The first-order valence-electron chi connectivity index (χ1n) is 5.29. The van der Waals surface area contributed by atoms with Gasteiger partial charge in [-0.1, -0.05) is 18.2 Å². The predicted molar refractivity (Wildman–Crippen MR) is 67.3 cm³/mol. The minimum atomic E-state index is -0.774. The molecule has 0 radical (unpaired) electrons. The van der Waals surface area contributed by atoms with Crippen LogP contribution in [-0.4, -0.2) is 35.7 Å². The summed E-state index contributed by atoms with van der Waals surface area (Å²) >= 11 is 1.93. The third kappa shape index (κ3) is 2.32. The lowest BCUT2D eigenvalue weighted by Gasteiger charge is -2.36. The highest BCUT2D eigenvalue weighted by molar-refractivity contribution is 8.00. The molecule has 0 aromatic heterocycles. The quantitative estimate of drug-likeness (QED) is 0.868. The third-order valence-electron chi connectivity index (χ3n) is 2.88. The van der Waals surface area contributed by atoms with Crippen molar-refractivity contribution in [2.75, 3.05) is 23.5 Å². The van der Waals surface area contributed by atoms with Crippen molar-refractivity contribution in [2.24, 2.45) is 0 Å². The molecule has 86 valence electrons. The molecule has 0 bridgehead atoms. The normalized spacial score (nSPS) is 15.6. The second kappa shape index (κ2) is 4.78. The fourth-order valence-corrected chi connectivity index (χ4v) is 2.70. The summed E-state index contributed by atoms with van der Waals surface area (Å²) in [6.07, 6.45) is 0.0976. The van der Waals surface area contributed by atoms with Gasteiger partial charge < -0.3 is 10.0 Å². The Bertz CT molecular complexity index is 390. The van der Waals surface area contributed by atoms with Gasteiger partial charge in [-0.15, -0.1) is 0 Å². The second-order valence-corrected chi connectivity index (χ2v) is 5.08. The molecule has 2 rings (SSSR count). The van der Waals surface area contributed by atoms with E-state index in [2.05, 4.69) is 4.90 Å². The van der Waals surface area contributed by atoms with E-state index in [9.17, 15) is 4.79 Å². The lowest BCUT2D eigenvalue weighted by molar-refractivity contribution is -0.136. The summed E-state index contributed by atoms with van der Waals surface area (Å²) in [5.74, 6) is 1.50. The fourth-order valence-electron chi connectivity index (χ4n) is 1.81. The van der Waals surface area contributed by atoms with Crippen molar-refractivity contribution >= 4 is 23.4 Å². The number of thioether (sulfide) groups is 1. The molecule has 1 aromatic rings. The Labute approximate surface area is 99.5 Å². The van der Waals surface area contributed by atoms with Crippen molar-refractivity contribution in [1.29, 1.82) is 0 Å². The molecule has 1 N–H and O–H groups in total. The molecule has 16 heavy (non-hydrogen) atoms. The lowest BCUT2D eigenvalue weighted by Crippen LogP contribution is -2.42. The maximum absolute atomic E-state index is 10.8. The number of hydrogen-bond donors (Lipinski definition) is 1. The highest BCUT2D eigenvalue weighted by Crippen LogP contribution is 2.29. The van der Waals surface area contributed by atoms with E-state index in [1.807, 2.05) is 43.1 Å². The molecule has 0 amide bonds. The van der Waals surface area contributed by atoms with Crippen LogP contribution in [0.5, 0.6) is 0 Å². The SMILES string of the molecule is CN(c1ccccc1CC(=O)O)C1CSC1. The Morgan fingerprint density at radius 1 is 1.50 bits per heavy atom. The van der Waals surface area contributed by atoms with Crippen LogP contribution in [0.4, 0.5) is 5.69 Å². The van der Waals surface area contributed by atoms with E-state index < -0.39 is 5.97 Å². The monoisotopic (exact) mass is 237 g/mol. The van der Waals surface area contributed by atoms with Crippen LogP contribution in [0.25, 0.3) is 0 Å². The molecule has 0 atom stereocenters. The largest absolute Gasteiger partial charge is 0.481 e. The number of carboxylic acids is 1. The number of carboxylic acid groups (broad SMARTS) is 1. The molecule has 1 aliphatic heterocycles. The second-order valence-electron chi connectivity index (χ2n) is 4.00. The molecule has 3 nitrogen and oxygen atoms in total. The Morgan fingerprint density at radius 3 is 2.75 bits per heavy atom. The molecular weight excluding hydrogens is 222 g/mol. The average molecular weight is 237 g/mol. The summed E-state index contributed by atoms with van der Waals surface area (Å²) in [6, 6.07) is 8.31. The summed E-state index contributed by atoms with van der Waals surface area (Å²) in [4.78, 5) is 13.0. The first-order valence-corrected chi connectivity index (χ1v) is 6.44. The molecule has 1 heterocycles. The van der Waals surface area contributed by atoms with Crippen molar-refractivity contribution in [3.63, 3.8) is 0 Å². The number of rotatable bonds is 4. The highest BCUT2D eigenvalue weighted by Gasteiger charge is 2.24. The van der Waals surface area contributed by atoms with Crippen molar-refractivity contribution < 1.29 is 9.90 Å². The summed E-state index contributed by atoms with van der Waals surface area (Å²) in [6.45, 7) is 0. The highest BCUT2D eigenvalue weighted by atomic mass is 32.2. The van der Waals surface area contributed by atoms with Crippen LogP contribution in [0, 0.1) is 0 Å². The van der Waals surface area contributed by atoms with Gasteiger partial charge in [-0.25, -0.2) is 0 Å². The number of benzene rings is 1. The number of carbonyl (C=O) groups is 1. The number of hydrogen-bond acceptors (Lipinski definition) is 3. The maximum atomic E-state index is 10.8. The summed E-state index contributed by atoms with van der Waals surface area (Å²) < 4.78 is 0. The number of para-hydroxylation sites is 1. The zero-order chi connectivity index (χ0) is 11.5. The fraction of sp³-hybridized carbons (Fsp3) is 0.417. The Balaban J connectivity index is 2.20. The smallest absolute Gasteiger partial charge is 0.307 e. The van der Waals surface area contributed by atoms with Gasteiger partial charge in [0.15, 0.2) is 0 Å². The standard InChI is InChI=1S/C12H15NO2S/c1-13(10-7-16-8-10)11-5-3-2-4-9(11)6-12(14)15/h2-5,10H,6-8H2,1H3,(H,14,15). The molecule has 0 unspecified atom stereocenters. The molecule has 0 saturated carbocycles. The van der Waals surface area contributed by atoms with Gasteiger partial charge in [0, 0.05) is 30.3 Å². The Morgan fingerprint density at radius 2 is 2.19 bits per heavy atom. The van der Waals surface area contributed by atoms with Crippen LogP contribution >= 0.6 is 11.8 Å². The van der Waals surface area contributed by atoms with Crippen LogP contribution in [-0.2, 0) is 11.2 Å². The molecule has 4 heteroatoms. The molecule has 1 saturated heterocycles.